The quantitative estimate of drug-likeness (QED) is 0.207. The van der Waals surface area contributed by atoms with Crippen LogP contribution < -0.4 is 9.62 Å². The van der Waals surface area contributed by atoms with Crippen LogP contribution in [0.2, 0.25) is 10.0 Å². The smallest absolute Gasteiger partial charge is 0.243 e. The molecule has 1 saturated carbocycles. The maximum Gasteiger partial charge on any atom is 0.243 e. The Balaban J connectivity index is 1.62. The molecule has 10 heteroatoms. The molecule has 0 saturated heterocycles. The number of sulfonamides is 1. The Morgan fingerprint density at radius 2 is 1.62 bits per heavy atom. The van der Waals surface area contributed by atoms with Gasteiger partial charge in [-0.25, -0.2) is 8.42 Å². The molecule has 2 amide bonds. The minimum atomic E-state index is -3.60. The second kappa shape index (κ2) is 16.0. The molecule has 0 unspecified atom stereocenters. The summed E-state index contributed by atoms with van der Waals surface area (Å²) in [7, 11) is -3.60. The standard InChI is InChI=1S/C35H43Cl2N3O4S/c1-25-12-10-17-32(26(25)2)40(45(3,43)44)21-11-18-34(41)39(24-28-19-20-30(36)31(37)22-28)33(23-27-13-6-4-7-14-27)35(42)38-29-15-8-5-9-16-29/h4,6-7,10,12-14,17,19-20,22,29,33H,5,8-9,11,15-16,18,21,23-24H2,1-3H3,(H,38,42)/t33-/m0/s1. The number of nitrogens with zero attached hydrogens (tertiary/aromatic N) is 2. The molecule has 4 rings (SSSR count). The molecule has 0 spiro atoms. The van der Waals surface area contributed by atoms with Gasteiger partial charge < -0.3 is 10.2 Å². The zero-order valence-corrected chi connectivity index (χ0v) is 28.6. The summed E-state index contributed by atoms with van der Waals surface area (Å²) >= 11 is 12.5. The number of hydrogen-bond donors (Lipinski definition) is 1. The molecule has 1 atom stereocenters. The monoisotopic (exact) mass is 671 g/mol. The van der Waals surface area contributed by atoms with Crippen molar-refractivity contribution in [1.82, 2.24) is 10.2 Å². The van der Waals surface area contributed by atoms with Gasteiger partial charge in [0.05, 0.1) is 22.0 Å². The van der Waals surface area contributed by atoms with Crippen molar-refractivity contribution in [3.05, 3.63) is 99.0 Å². The molecular formula is C35H43Cl2N3O4S. The summed E-state index contributed by atoms with van der Waals surface area (Å²) in [5.74, 6) is -0.428. The number of halogens is 2. The van der Waals surface area contributed by atoms with Crippen molar-refractivity contribution < 1.29 is 18.0 Å². The minimum absolute atomic E-state index is 0.0558. The molecule has 1 aliphatic rings. The molecule has 7 nitrogen and oxygen atoms in total. The summed E-state index contributed by atoms with van der Waals surface area (Å²) in [6.45, 7) is 4.12. The SMILES string of the molecule is Cc1cccc(N(CCCC(=O)N(Cc2ccc(Cl)c(Cl)c2)[C@@H](Cc2ccccc2)C(=O)NC2CCCCC2)S(C)(=O)=O)c1C. The van der Waals surface area contributed by atoms with Crippen LogP contribution in [-0.2, 0) is 32.6 Å². The van der Waals surface area contributed by atoms with Crippen molar-refractivity contribution >= 4 is 50.7 Å². The first-order valence-corrected chi connectivity index (χ1v) is 18.2. The fourth-order valence-corrected chi connectivity index (χ4v) is 7.26. The van der Waals surface area contributed by atoms with Gasteiger partial charge in [-0.3, -0.25) is 13.9 Å². The van der Waals surface area contributed by atoms with E-state index in [0.29, 0.717) is 22.2 Å². The number of hydrogen-bond acceptors (Lipinski definition) is 4. The van der Waals surface area contributed by atoms with Gasteiger partial charge in [-0.1, -0.05) is 91.0 Å². The summed E-state index contributed by atoms with van der Waals surface area (Å²) in [5, 5.41) is 4.01. The molecule has 3 aromatic rings. The predicted octanol–water partition coefficient (Wildman–Crippen LogP) is 7.25. The van der Waals surface area contributed by atoms with Crippen molar-refractivity contribution in [2.75, 3.05) is 17.1 Å². The van der Waals surface area contributed by atoms with E-state index in [9.17, 15) is 18.0 Å². The van der Waals surface area contributed by atoms with Gasteiger partial charge >= 0.3 is 0 Å². The van der Waals surface area contributed by atoms with E-state index in [2.05, 4.69) is 5.32 Å². The van der Waals surface area contributed by atoms with E-state index in [1.807, 2.05) is 56.3 Å². The molecular weight excluding hydrogens is 629 g/mol. The van der Waals surface area contributed by atoms with E-state index >= 15 is 0 Å². The number of carbonyl (C=O) groups excluding carboxylic acids is 2. The fraction of sp³-hybridized carbons (Fsp3) is 0.429. The number of carbonyl (C=O) groups is 2. The van der Waals surface area contributed by atoms with Gasteiger partial charge in [0.2, 0.25) is 21.8 Å². The van der Waals surface area contributed by atoms with Crippen molar-refractivity contribution in [1.29, 1.82) is 0 Å². The molecule has 1 fully saturated rings. The van der Waals surface area contributed by atoms with Crippen molar-refractivity contribution in [3.8, 4) is 0 Å². The molecule has 1 N–H and O–H groups in total. The Morgan fingerprint density at radius 1 is 0.911 bits per heavy atom. The zero-order chi connectivity index (χ0) is 32.6. The average Bonchev–Trinajstić information content (AvgIpc) is 3.01. The maximum absolute atomic E-state index is 14.1. The second-order valence-electron chi connectivity index (χ2n) is 12.0. The molecule has 45 heavy (non-hydrogen) atoms. The van der Waals surface area contributed by atoms with E-state index in [1.165, 1.54) is 10.6 Å². The van der Waals surface area contributed by atoms with E-state index in [1.54, 1.807) is 29.2 Å². The summed E-state index contributed by atoms with van der Waals surface area (Å²) in [5.41, 5.74) is 4.14. The van der Waals surface area contributed by atoms with Crippen molar-refractivity contribution in [3.63, 3.8) is 0 Å². The Hall–Kier alpha value is -3.07. The number of aryl methyl sites for hydroxylation is 1. The lowest BCUT2D eigenvalue weighted by molar-refractivity contribution is -0.141. The normalized spacial score (nSPS) is 14.5. The number of nitrogens with one attached hydrogen (secondary N) is 1. The minimum Gasteiger partial charge on any atom is -0.352 e. The first kappa shape index (κ1) is 34.8. The summed E-state index contributed by atoms with van der Waals surface area (Å²) in [4.78, 5) is 29.8. The molecule has 3 aromatic carbocycles. The molecule has 0 heterocycles. The molecule has 0 aliphatic heterocycles. The number of anilines is 1. The highest BCUT2D eigenvalue weighted by Crippen LogP contribution is 2.27. The van der Waals surface area contributed by atoms with Crippen LogP contribution in [0.25, 0.3) is 0 Å². The molecule has 0 bridgehead atoms. The fourth-order valence-electron chi connectivity index (χ4n) is 5.92. The number of rotatable bonds is 13. The van der Waals surface area contributed by atoms with Gasteiger partial charge in [0.15, 0.2) is 0 Å². The first-order chi connectivity index (χ1) is 21.4. The van der Waals surface area contributed by atoms with Crippen molar-refractivity contribution in [2.45, 2.75) is 83.8 Å². The van der Waals surface area contributed by atoms with Crippen LogP contribution in [0, 0.1) is 13.8 Å². The van der Waals surface area contributed by atoms with Gasteiger partial charge in [0.1, 0.15) is 6.04 Å². The average molecular weight is 673 g/mol. The summed E-state index contributed by atoms with van der Waals surface area (Å²) in [6.07, 6.45) is 6.99. The van der Waals surface area contributed by atoms with E-state index in [0.717, 1.165) is 54.4 Å². The lowest BCUT2D eigenvalue weighted by atomic mass is 9.94. The first-order valence-electron chi connectivity index (χ1n) is 15.6. The lowest BCUT2D eigenvalue weighted by Crippen LogP contribution is -2.53. The van der Waals surface area contributed by atoms with E-state index in [-0.39, 0.29) is 43.8 Å². The summed E-state index contributed by atoms with van der Waals surface area (Å²) in [6, 6.07) is 19.7. The zero-order valence-electron chi connectivity index (χ0n) is 26.3. The molecule has 0 aromatic heterocycles. The predicted molar refractivity (Wildman–Crippen MR) is 183 cm³/mol. The largest absolute Gasteiger partial charge is 0.352 e. The van der Waals surface area contributed by atoms with Gasteiger partial charge in [0.25, 0.3) is 0 Å². The Labute approximate surface area is 278 Å². The van der Waals surface area contributed by atoms with Crippen LogP contribution in [0.3, 0.4) is 0 Å². The topological polar surface area (TPSA) is 86.8 Å². The van der Waals surface area contributed by atoms with Gasteiger partial charge in [-0.2, -0.15) is 0 Å². The highest BCUT2D eigenvalue weighted by Gasteiger charge is 2.32. The number of benzene rings is 3. The summed E-state index contributed by atoms with van der Waals surface area (Å²) < 4.78 is 27.1. The highest BCUT2D eigenvalue weighted by atomic mass is 35.5. The lowest BCUT2D eigenvalue weighted by Gasteiger charge is -2.34. The molecule has 242 valence electrons. The van der Waals surface area contributed by atoms with Crippen LogP contribution in [0.4, 0.5) is 5.69 Å². The molecule has 0 radical (unpaired) electrons. The number of amides is 2. The Morgan fingerprint density at radius 3 is 2.29 bits per heavy atom. The third-order valence-electron chi connectivity index (χ3n) is 8.56. The third-order valence-corrected chi connectivity index (χ3v) is 10.5. The van der Waals surface area contributed by atoms with Crippen LogP contribution in [0.15, 0.2) is 66.7 Å². The van der Waals surface area contributed by atoms with Gasteiger partial charge in [-0.05, 0) is 73.6 Å². The van der Waals surface area contributed by atoms with Gasteiger partial charge in [0, 0.05) is 32.0 Å². The van der Waals surface area contributed by atoms with Crippen LogP contribution in [0.5, 0.6) is 0 Å². The van der Waals surface area contributed by atoms with Crippen molar-refractivity contribution in [2.24, 2.45) is 0 Å². The molecule has 1 aliphatic carbocycles. The van der Waals surface area contributed by atoms with E-state index in [4.69, 9.17) is 23.2 Å². The Bertz CT molecular complexity index is 1580. The van der Waals surface area contributed by atoms with Gasteiger partial charge in [-0.15, -0.1) is 0 Å². The van der Waals surface area contributed by atoms with Crippen LogP contribution in [-0.4, -0.2) is 50.0 Å². The van der Waals surface area contributed by atoms with Crippen LogP contribution in [0.1, 0.15) is 67.2 Å². The van der Waals surface area contributed by atoms with Crippen LogP contribution >= 0.6 is 23.2 Å². The second-order valence-corrected chi connectivity index (χ2v) is 14.7. The maximum atomic E-state index is 14.1. The van der Waals surface area contributed by atoms with E-state index < -0.39 is 16.1 Å². The Kier molecular flexibility index (Phi) is 12.3. The highest BCUT2D eigenvalue weighted by molar-refractivity contribution is 7.92. The third kappa shape index (κ3) is 9.71.